The summed E-state index contributed by atoms with van der Waals surface area (Å²) < 4.78 is 68.6. The molecule has 1 atom stereocenters. The van der Waals surface area contributed by atoms with Gasteiger partial charge in [0.05, 0.1) is 4.11 Å². The predicted octanol–water partition coefficient (Wildman–Crippen LogP) is 4.63. The van der Waals surface area contributed by atoms with Crippen LogP contribution >= 0.6 is 11.3 Å². The van der Waals surface area contributed by atoms with E-state index in [1.54, 1.807) is 12.1 Å². The van der Waals surface area contributed by atoms with E-state index in [1.807, 2.05) is 30.3 Å². The van der Waals surface area contributed by atoms with Crippen molar-refractivity contribution in [2.75, 3.05) is 13.5 Å². The number of rotatable bonds is 6. The molecule has 0 bridgehead atoms. The van der Waals surface area contributed by atoms with Gasteiger partial charge in [-0.15, -0.1) is 11.3 Å². The van der Waals surface area contributed by atoms with Crippen LogP contribution in [0.15, 0.2) is 59.9 Å². The molecular formula is C18H19NOS. The van der Waals surface area contributed by atoms with Crippen LogP contribution in [0.4, 0.5) is 0 Å². The van der Waals surface area contributed by atoms with Gasteiger partial charge in [0.1, 0.15) is 11.9 Å². The Morgan fingerprint density at radius 3 is 3.10 bits per heavy atom. The molecule has 3 rings (SSSR count). The molecule has 1 unspecified atom stereocenters. The number of hydrogen-bond donors (Lipinski definition) is 1. The Morgan fingerprint density at radius 1 is 1.33 bits per heavy atom. The van der Waals surface area contributed by atoms with Crippen molar-refractivity contribution in [3.63, 3.8) is 0 Å². The summed E-state index contributed by atoms with van der Waals surface area (Å²) in [6.45, 7) is -3.10. The number of nitrogens with one attached hydrogen (secondary N) is 1. The van der Waals surface area contributed by atoms with Crippen LogP contribution in [0.5, 0.6) is 5.75 Å². The summed E-state index contributed by atoms with van der Waals surface area (Å²) in [5.74, 6) is 0.372. The maximum absolute atomic E-state index is 8.46. The second-order valence-electron chi connectivity index (χ2n) is 4.35. The zero-order valence-electron chi connectivity index (χ0n) is 19.1. The summed E-state index contributed by atoms with van der Waals surface area (Å²) in [7, 11) is 0. The van der Waals surface area contributed by atoms with E-state index < -0.39 is 26.0 Å². The first-order valence-corrected chi connectivity index (χ1v) is 7.27. The molecule has 108 valence electrons. The zero-order valence-corrected chi connectivity index (χ0v) is 12.0. The lowest BCUT2D eigenvalue weighted by molar-refractivity contribution is 0.201. The molecule has 2 aromatic carbocycles. The Balaban J connectivity index is 2.06. The first-order chi connectivity index (χ1) is 13.5. The number of benzene rings is 2. The van der Waals surface area contributed by atoms with Gasteiger partial charge in [0.25, 0.3) is 0 Å². The first-order valence-electron chi connectivity index (χ1n) is 10.5. The number of ether oxygens (including phenoxy) is 1. The maximum Gasteiger partial charge on any atom is 0.134 e. The van der Waals surface area contributed by atoms with Crippen LogP contribution in [0, 0.1) is 0 Å². The SMILES string of the molecule is [2H]c1sc(C(Oc2cccc3ccccc23)C([2H])([2H])CNC([2H])([2H])[2H])c([2H])c1[2H]. The van der Waals surface area contributed by atoms with Gasteiger partial charge >= 0.3 is 0 Å². The monoisotopic (exact) mass is 305 g/mol. The van der Waals surface area contributed by atoms with E-state index in [0.717, 1.165) is 22.1 Å². The van der Waals surface area contributed by atoms with Gasteiger partial charge in [0, 0.05) is 23.5 Å². The Labute approximate surface area is 140 Å². The standard InChI is InChI=1S/C18H19NOS/c1-19-12-11-17(18-10-5-13-21-18)20-16-9-4-7-14-6-2-3-8-15(14)16/h2-10,13,17,19H,11-12H2,1H3/i1D3,5D,10D,11D2,13D. The van der Waals surface area contributed by atoms with E-state index in [4.69, 9.17) is 15.7 Å². The third-order valence-electron chi connectivity index (χ3n) is 3.01. The van der Waals surface area contributed by atoms with E-state index in [9.17, 15) is 0 Å². The lowest BCUT2D eigenvalue weighted by Crippen LogP contribution is -2.15. The van der Waals surface area contributed by atoms with Gasteiger partial charge in [-0.3, -0.25) is 0 Å². The maximum atomic E-state index is 8.46. The number of fused-ring (bicyclic) bond motifs is 1. The fraction of sp³-hybridized carbons (Fsp3) is 0.222. The summed E-state index contributed by atoms with van der Waals surface area (Å²) in [5.41, 5.74) is 0. The van der Waals surface area contributed by atoms with Gasteiger partial charge in [0.2, 0.25) is 0 Å². The molecule has 2 nitrogen and oxygen atoms in total. The quantitative estimate of drug-likeness (QED) is 0.717. The molecule has 1 N–H and O–H groups in total. The van der Waals surface area contributed by atoms with E-state index in [0.29, 0.717) is 5.75 Å². The van der Waals surface area contributed by atoms with Gasteiger partial charge in [-0.05, 0) is 36.4 Å². The second-order valence-corrected chi connectivity index (χ2v) is 5.20. The van der Waals surface area contributed by atoms with Crippen molar-refractivity contribution in [1.29, 1.82) is 0 Å². The minimum absolute atomic E-state index is 0.0743. The Hall–Kier alpha value is -1.84. The van der Waals surface area contributed by atoms with Crippen LogP contribution in [0.2, 0.25) is 0 Å². The Bertz CT molecular complexity index is 1010. The molecule has 3 heteroatoms. The minimum atomic E-state index is -2.54. The van der Waals surface area contributed by atoms with Crippen LogP contribution in [-0.2, 0) is 0 Å². The average Bonchev–Trinajstić information content (AvgIpc) is 2.91. The molecule has 1 heterocycles. The largest absolute Gasteiger partial charge is 0.484 e. The molecule has 3 aromatic rings. The number of hydrogen-bond acceptors (Lipinski definition) is 3. The fourth-order valence-electron chi connectivity index (χ4n) is 2.07. The van der Waals surface area contributed by atoms with Gasteiger partial charge in [-0.25, -0.2) is 0 Å². The molecule has 0 aliphatic rings. The van der Waals surface area contributed by atoms with Crippen molar-refractivity contribution in [2.45, 2.75) is 12.5 Å². The molecule has 0 radical (unpaired) electrons. The smallest absolute Gasteiger partial charge is 0.134 e. The van der Waals surface area contributed by atoms with Crippen LogP contribution in [0.25, 0.3) is 10.8 Å². The highest BCUT2D eigenvalue weighted by Crippen LogP contribution is 2.32. The molecule has 0 aliphatic carbocycles. The Kier molecular flexibility index (Phi) is 2.39. The van der Waals surface area contributed by atoms with Crippen molar-refractivity contribution < 1.29 is 15.7 Å². The van der Waals surface area contributed by atoms with Crippen LogP contribution in [0.1, 0.15) is 28.3 Å². The third-order valence-corrected chi connectivity index (χ3v) is 3.75. The average molecular weight is 305 g/mol. The van der Waals surface area contributed by atoms with E-state index >= 15 is 0 Å². The molecule has 0 saturated carbocycles. The summed E-state index contributed by atoms with van der Waals surface area (Å²) >= 11 is 0.792. The molecular weight excluding hydrogens is 278 g/mol. The van der Waals surface area contributed by atoms with Gasteiger partial charge < -0.3 is 10.1 Å². The summed E-state index contributed by atoms with van der Waals surface area (Å²) in [6.07, 6.45) is -3.60. The highest BCUT2D eigenvalue weighted by atomic mass is 32.1. The normalized spacial score (nSPS) is 19.2. The summed E-state index contributed by atoms with van der Waals surface area (Å²) in [5, 5.41) is 3.62. The molecule has 0 aliphatic heterocycles. The van der Waals surface area contributed by atoms with Gasteiger partial charge in [-0.2, -0.15) is 0 Å². The lowest BCUT2D eigenvalue weighted by Gasteiger charge is -2.19. The van der Waals surface area contributed by atoms with Crippen LogP contribution in [-0.4, -0.2) is 13.5 Å². The fourth-order valence-corrected chi connectivity index (χ4v) is 2.62. The second kappa shape index (κ2) is 6.74. The Morgan fingerprint density at radius 2 is 2.24 bits per heavy atom. The highest BCUT2D eigenvalue weighted by molar-refractivity contribution is 7.10. The topological polar surface area (TPSA) is 21.3 Å². The highest BCUT2D eigenvalue weighted by Gasteiger charge is 2.15. The van der Waals surface area contributed by atoms with Crippen LogP contribution < -0.4 is 10.1 Å². The zero-order chi connectivity index (χ0) is 21.4. The molecule has 0 amide bonds. The molecule has 1 aromatic heterocycles. The van der Waals surface area contributed by atoms with Gasteiger partial charge in [-0.1, -0.05) is 42.4 Å². The van der Waals surface area contributed by atoms with Crippen molar-refractivity contribution in [3.05, 3.63) is 64.8 Å². The minimum Gasteiger partial charge on any atom is -0.484 e. The predicted molar refractivity (Wildman–Crippen MR) is 90.2 cm³/mol. The van der Waals surface area contributed by atoms with Gasteiger partial charge in [0.15, 0.2) is 0 Å². The summed E-state index contributed by atoms with van der Waals surface area (Å²) in [4.78, 5) is 0.0743. The van der Waals surface area contributed by atoms with Crippen molar-refractivity contribution >= 4 is 22.1 Å². The molecule has 0 spiro atoms. The van der Waals surface area contributed by atoms with Crippen LogP contribution in [0.3, 0.4) is 0 Å². The molecule has 0 fully saturated rings. The van der Waals surface area contributed by atoms with E-state index in [2.05, 4.69) is 5.32 Å². The first kappa shape index (κ1) is 7.43. The van der Waals surface area contributed by atoms with Crippen molar-refractivity contribution in [3.8, 4) is 5.75 Å². The molecule has 0 saturated heterocycles. The summed E-state index contributed by atoms with van der Waals surface area (Å²) in [6, 6.07) is 12.1. The third kappa shape index (κ3) is 3.26. The number of thiophene rings is 1. The van der Waals surface area contributed by atoms with Crippen molar-refractivity contribution in [2.24, 2.45) is 0 Å². The van der Waals surface area contributed by atoms with E-state index in [1.165, 1.54) is 0 Å². The lowest BCUT2D eigenvalue weighted by atomic mass is 10.1. The van der Waals surface area contributed by atoms with E-state index in [-0.39, 0.29) is 22.3 Å². The van der Waals surface area contributed by atoms with Crippen molar-refractivity contribution in [1.82, 2.24) is 5.32 Å². The molecule has 21 heavy (non-hydrogen) atoms.